The average molecular weight is 285 g/mol. The first-order valence-electron chi connectivity index (χ1n) is 6.51. The number of oxazole rings is 1. The molecule has 4 nitrogen and oxygen atoms in total. The molecule has 0 aliphatic carbocycles. The highest BCUT2D eigenvalue weighted by Gasteiger charge is 2.09. The number of hydrogen-bond donors (Lipinski definition) is 1. The molecule has 0 spiro atoms. The molecule has 5 heteroatoms. The summed E-state index contributed by atoms with van der Waals surface area (Å²) in [6, 6.07) is 11.7. The lowest BCUT2D eigenvalue weighted by atomic mass is 10.1. The number of nitrogens with zero attached hydrogens (tertiary/aromatic N) is 2. The van der Waals surface area contributed by atoms with Crippen LogP contribution in [0.1, 0.15) is 25.1 Å². The van der Waals surface area contributed by atoms with E-state index in [-0.39, 0.29) is 6.04 Å². The SMILES string of the molecule is CC[C@H](N)c1ccc(Sc2nc3ccccc3o2)cn1. The standard InChI is InChI=1S/C15H15N3OS/c1-2-11(16)12-8-7-10(9-17-12)20-15-18-13-5-3-4-6-14(13)19-15/h3-9,11H,2,16H2,1H3/t11-/m0/s1. The summed E-state index contributed by atoms with van der Waals surface area (Å²) >= 11 is 1.46. The highest BCUT2D eigenvalue weighted by atomic mass is 32.2. The van der Waals surface area contributed by atoms with Crippen LogP contribution in [0.5, 0.6) is 0 Å². The fourth-order valence-electron chi connectivity index (χ4n) is 1.88. The Hall–Kier alpha value is -1.85. The summed E-state index contributed by atoms with van der Waals surface area (Å²) < 4.78 is 5.67. The molecule has 2 N–H and O–H groups in total. The van der Waals surface area contributed by atoms with Crippen molar-refractivity contribution < 1.29 is 4.42 Å². The van der Waals surface area contributed by atoms with Crippen LogP contribution in [0, 0.1) is 0 Å². The number of aromatic nitrogens is 2. The molecule has 102 valence electrons. The predicted molar refractivity (Wildman–Crippen MR) is 79.6 cm³/mol. The first kappa shape index (κ1) is 13.1. The Balaban J connectivity index is 1.80. The molecule has 3 aromatic rings. The minimum atomic E-state index is -0.00150. The van der Waals surface area contributed by atoms with Crippen LogP contribution < -0.4 is 5.73 Å². The molecule has 0 saturated heterocycles. The Morgan fingerprint density at radius 3 is 2.80 bits per heavy atom. The van der Waals surface area contributed by atoms with Crippen LogP contribution in [0.25, 0.3) is 11.1 Å². The van der Waals surface area contributed by atoms with Crippen molar-refractivity contribution in [1.29, 1.82) is 0 Å². The lowest BCUT2D eigenvalue weighted by molar-refractivity contribution is 0.489. The quantitative estimate of drug-likeness (QED) is 0.790. The predicted octanol–water partition coefficient (Wildman–Crippen LogP) is 3.78. The molecule has 1 aromatic carbocycles. The van der Waals surface area contributed by atoms with Gasteiger partial charge in [-0.05, 0) is 42.4 Å². The zero-order chi connectivity index (χ0) is 13.9. The van der Waals surface area contributed by atoms with Gasteiger partial charge in [-0.25, -0.2) is 4.98 Å². The highest BCUT2D eigenvalue weighted by molar-refractivity contribution is 7.99. The van der Waals surface area contributed by atoms with Crippen molar-refractivity contribution in [3.63, 3.8) is 0 Å². The maximum Gasteiger partial charge on any atom is 0.261 e. The van der Waals surface area contributed by atoms with Crippen molar-refractivity contribution in [2.75, 3.05) is 0 Å². The van der Waals surface area contributed by atoms with Crippen molar-refractivity contribution in [2.24, 2.45) is 5.73 Å². The topological polar surface area (TPSA) is 64.9 Å². The van der Waals surface area contributed by atoms with Gasteiger partial charge in [0.1, 0.15) is 5.52 Å². The molecule has 20 heavy (non-hydrogen) atoms. The highest BCUT2D eigenvalue weighted by Crippen LogP contribution is 2.29. The van der Waals surface area contributed by atoms with E-state index in [1.807, 2.05) is 49.5 Å². The van der Waals surface area contributed by atoms with Crippen LogP contribution in [0.3, 0.4) is 0 Å². The maximum atomic E-state index is 5.95. The summed E-state index contributed by atoms with van der Waals surface area (Å²) in [5, 5.41) is 0.625. The van der Waals surface area contributed by atoms with Gasteiger partial charge in [0.15, 0.2) is 5.58 Å². The van der Waals surface area contributed by atoms with Crippen molar-refractivity contribution in [3.8, 4) is 0 Å². The van der Waals surface area contributed by atoms with Crippen LogP contribution in [-0.2, 0) is 0 Å². The Morgan fingerprint density at radius 2 is 2.10 bits per heavy atom. The molecule has 0 bridgehead atoms. The summed E-state index contributed by atoms with van der Waals surface area (Å²) in [6.07, 6.45) is 2.69. The Kier molecular flexibility index (Phi) is 3.71. The third kappa shape index (κ3) is 2.69. The van der Waals surface area contributed by atoms with Gasteiger partial charge in [-0.15, -0.1) is 0 Å². The molecule has 3 rings (SSSR count). The van der Waals surface area contributed by atoms with E-state index in [1.54, 1.807) is 0 Å². The van der Waals surface area contributed by atoms with Gasteiger partial charge in [-0.2, -0.15) is 0 Å². The van der Waals surface area contributed by atoms with E-state index in [9.17, 15) is 0 Å². The van der Waals surface area contributed by atoms with Crippen molar-refractivity contribution in [3.05, 3.63) is 48.3 Å². The zero-order valence-corrected chi connectivity index (χ0v) is 11.9. The number of nitrogens with two attached hydrogens (primary N) is 1. The van der Waals surface area contributed by atoms with Crippen LogP contribution in [-0.4, -0.2) is 9.97 Å². The summed E-state index contributed by atoms with van der Waals surface area (Å²) in [5.41, 5.74) is 8.53. The maximum absolute atomic E-state index is 5.95. The van der Waals surface area contributed by atoms with Gasteiger partial charge in [0.2, 0.25) is 0 Å². The molecule has 0 fully saturated rings. The Morgan fingerprint density at radius 1 is 1.25 bits per heavy atom. The summed E-state index contributed by atoms with van der Waals surface area (Å²) in [5.74, 6) is 0. The smallest absolute Gasteiger partial charge is 0.261 e. The number of para-hydroxylation sites is 2. The number of fused-ring (bicyclic) bond motifs is 1. The van der Waals surface area contributed by atoms with Crippen LogP contribution >= 0.6 is 11.8 Å². The lowest BCUT2D eigenvalue weighted by Crippen LogP contribution is -2.10. The summed E-state index contributed by atoms with van der Waals surface area (Å²) in [6.45, 7) is 2.05. The second-order valence-electron chi connectivity index (χ2n) is 4.48. The molecule has 1 atom stereocenters. The van der Waals surface area contributed by atoms with Crippen molar-refractivity contribution in [2.45, 2.75) is 29.5 Å². The molecule has 0 amide bonds. The minimum absolute atomic E-state index is 0.00150. The van der Waals surface area contributed by atoms with Crippen LogP contribution in [0.4, 0.5) is 0 Å². The zero-order valence-electron chi connectivity index (χ0n) is 11.1. The average Bonchev–Trinajstić information content (AvgIpc) is 2.89. The molecule has 0 aliphatic heterocycles. The number of hydrogen-bond acceptors (Lipinski definition) is 5. The van der Waals surface area contributed by atoms with Crippen molar-refractivity contribution >= 4 is 22.9 Å². The monoisotopic (exact) mass is 285 g/mol. The molecular weight excluding hydrogens is 270 g/mol. The molecule has 0 saturated carbocycles. The van der Waals surface area contributed by atoms with Gasteiger partial charge in [-0.1, -0.05) is 19.1 Å². The molecule has 0 unspecified atom stereocenters. The van der Waals surface area contributed by atoms with E-state index in [1.165, 1.54) is 11.8 Å². The number of rotatable bonds is 4. The van der Waals surface area contributed by atoms with Crippen LogP contribution in [0.2, 0.25) is 0 Å². The largest absolute Gasteiger partial charge is 0.431 e. The second-order valence-corrected chi connectivity index (χ2v) is 5.51. The normalized spacial score (nSPS) is 12.7. The van der Waals surface area contributed by atoms with E-state index in [2.05, 4.69) is 9.97 Å². The third-order valence-corrected chi connectivity index (χ3v) is 3.88. The van der Waals surface area contributed by atoms with Gasteiger partial charge in [0, 0.05) is 17.1 Å². The molecule has 0 aliphatic rings. The first-order valence-corrected chi connectivity index (χ1v) is 7.33. The fourth-order valence-corrected chi connectivity index (χ4v) is 2.59. The van der Waals surface area contributed by atoms with Gasteiger partial charge < -0.3 is 10.2 Å². The van der Waals surface area contributed by atoms with Gasteiger partial charge in [0.05, 0.1) is 5.69 Å². The minimum Gasteiger partial charge on any atom is -0.431 e. The van der Waals surface area contributed by atoms with E-state index in [0.717, 1.165) is 28.1 Å². The van der Waals surface area contributed by atoms with E-state index >= 15 is 0 Å². The van der Waals surface area contributed by atoms with Gasteiger partial charge in [0.25, 0.3) is 5.22 Å². The summed E-state index contributed by atoms with van der Waals surface area (Å²) in [7, 11) is 0. The van der Waals surface area contributed by atoms with Gasteiger partial charge in [-0.3, -0.25) is 4.98 Å². The van der Waals surface area contributed by atoms with Crippen molar-refractivity contribution in [1.82, 2.24) is 9.97 Å². The fraction of sp³-hybridized carbons (Fsp3) is 0.200. The molecular formula is C15H15N3OS. The molecule has 0 radical (unpaired) electrons. The third-order valence-electron chi connectivity index (χ3n) is 3.06. The van der Waals surface area contributed by atoms with E-state index < -0.39 is 0 Å². The number of pyridine rings is 1. The number of benzene rings is 1. The second kappa shape index (κ2) is 5.64. The van der Waals surface area contributed by atoms with Crippen LogP contribution in [0.15, 0.2) is 57.1 Å². The Labute approximate surface area is 121 Å². The first-order chi connectivity index (χ1) is 9.76. The van der Waals surface area contributed by atoms with E-state index in [0.29, 0.717) is 5.22 Å². The van der Waals surface area contributed by atoms with Gasteiger partial charge >= 0.3 is 0 Å². The Bertz CT molecular complexity index is 675. The molecule has 2 heterocycles. The molecule has 2 aromatic heterocycles. The van der Waals surface area contributed by atoms with E-state index in [4.69, 9.17) is 10.2 Å². The lowest BCUT2D eigenvalue weighted by Gasteiger charge is -2.07. The summed E-state index contributed by atoms with van der Waals surface area (Å²) in [4.78, 5) is 9.80.